The van der Waals surface area contributed by atoms with Crippen molar-refractivity contribution >= 4 is 31.7 Å². The van der Waals surface area contributed by atoms with Gasteiger partial charge in [-0.15, -0.1) is 0 Å². The van der Waals surface area contributed by atoms with Crippen LogP contribution in [0, 0.1) is 0 Å². The first-order valence-electron chi connectivity index (χ1n) is 6.84. The Morgan fingerprint density at radius 2 is 2.15 bits per heavy atom. The van der Waals surface area contributed by atoms with Crippen LogP contribution in [0.1, 0.15) is 42.2 Å². The van der Waals surface area contributed by atoms with Crippen molar-refractivity contribution in [2.45, 2.75) is 37.0 Å². The van der Waals surface area contributed by atoms with E-state index < -0.39 is 15.1 Å². The lowest BCUT2D eigenvalue weighted by Gasteiger charge is -2.12. The molecule has 1 aliphatic carbocycles. The molecule has 20 heavy (non-hydrogen) atoms. The van der Waals surface area contributed by atoms with Crippen molar-refractivity contribution in [2.75, 3.05) is 12.3 Å². The second-order valence-electron chi connectivity index (χ2n) is 5.52. The predicted molar refractivity (Wildman–Crippen MR) is 79.5 cm³/mol. The molecule has 0 spiro atoms. The topological polar surface area (TPSA) is 68.2 Å². The zero-order valence-electron chi connectivity index (χ0n) is 11.0. The highest BCUT2D eigenvalue weighted by molar-refractivity contribution is 9.10. The van der Waals surface area contributed by atoms with Gasteiger partial charge in [-0.3, -0.25) is 4.79 Å². The largest absolute Gasteiger partial charge is 0.349 e. The first kappa shape index (κ1) is 14.1. The van der Waals surface area contributed by atoms with Crippen molar-refractivity contribution in [2.24, 2.45) is 0 Å². The van der Waals surface area contributed by atoms with Crippen molar-refractivity contribution in [3.8, 4) is 0 Å². The van der Waals surface area contributed by atoms with Gasteiger partial charge in [-0.05, 0) is 47.7 Å². The van der Waals surface area contributed by atoms with Crippen LogP contribution in [-0.2, 0) is 9.84 Å². The van der Waals surface area contributed by atoms with E-state index in [2.05, 4.69) is 21.2 Å². The van der Waals surface area contributed by atoms with Crippen molar-refractivity contribution < 1.29 is 13.2 Å². The Bertz CT molecular complexity index is 634. The summed E-state index contributed by atoms with van der Waals surface area (Å²) in [4.78, 5) is 12.2. The Kier molecular flexibility index (Phi) is 3.66. The van der Waals surface area contributed by atoms with E-state index in [9.17, 15) is 13.2 Å². The third kappa shape index (κ3) is 2.79. The molecule has 0 radical (unpaired) electrons. The van der Waals surface area contributed by atoms with Crippen LogP contribution in [0.2, 0.25) is 0 Å². The number of nitrogens with one attached hydrogen (secondary N) is 1. The van der Waals surface area contributed by atoms with Crippen LogP contribution in [0.5, 0.6) is 0 Å². The number of aromatic nitrogens is 1. The molecule has 0 aromatic carbocycles. The first-order valence-corrected chi connectivity index (χ1v) is 9.35. The van der Waals surface area contributed by atoms with E-state index in [4.69, 9.17) is 0 Å². The zero-order chi connectivity index (χ0) is 14.3. The lowest BCUT2D eigenvalue weighted by atomic mass is 10.2. The van der Waals surface area contributed by atoms with E-state index in [1.165, 1.54) is 0 Å². The molecule has 2 heterocycles. The Balaban J connectivity index is 1.68. The molecule has 1 saturated heterocycles. The van der Waals surface area contributed by atoms with Gasteiger partial charge < -0.3 is 9.88 Å². The van der Waals surface area contributed by atoms with E-state index in [-0.39, 0.29) is 18.2 Å². The number of amides is 1. The molecule has 1 aromatic heterocycles. The highest BCUT2D eigenvalue weighted by Crippen LogP contribution is 2.37. The van der Waals surface area contributed by atoms with Crippen LogP contribution in [0.25, 0.3) is 0 Å². The third-order valence-electron chi connectivity index (χ3n) is 3.94. The number of rotatable bonds is 4. The van der Waals surface area contributed by atoms with Gasteiger partial charge in [-0.2, -0.15) is 0 Å². The second kappa shape index (κ2) is 5.18. The average Bonchev–Trinajstić information content (AvgIpc) is 3.07. The molecule has 5 nitrogen and oxygen atoms in total. The molecule has 3 rings (SSSR count). The average molecular weight is 361 g/mol. The molecule has 1 amide bonds. The van der Waals surface area contributed by atoms with E-state index in [1.54, 1.807) is 6.07 Å². The fourth-order valence-electron chi connectivity index (χ4n) is 2.67. The van der Waals surface area contributed by atoms with Gasteiger partial charge in [0.05, 0.1) is 11.0 Å². The Hall–Kier alpha value is -0.820. The monoisotopic (exact) mass is 360 g/mol. The Morgan fingerprint density at radius 3 is 2.75 bits per heavy atom. The van der Waals surface area contributed by atoms with E-state index in [1.807, 2.05) is 10.8 Å². The first-order chi connectivity index (χ1) is 9.47. The van der Waals surface area contributed by atoms with Crippen LogP contribution in [0.4, 0.5) is 0 Å². The van der Waals surface area contributed by atoms with E-state index >= 15 is 0 Å². The number of carbonyl (C=O) groups is 1. The van der Waals surface area contributed by atoms with E-state index in [0.717, 1.165) is 17.3 Å². The van der Waals surface area contributed by atoms with Gasteiger partial charge in [0.2, 0.25) is 0 Å². The number of hydrogen-bond acceptors (Lipinski definition) is 3. The summed E-state index contributed by atoms with van der Waals surface area (Å²) >= 11 is 3.39. The van der Waals surface area contributed by atoms with Crippen LogP contribution in [-0.4, -0.2) is 36.4 Å². The van der Waals surface area contributed by atoms with Gasteiger partial charge in [0, 0.05) is 23.3 Å². The molecular weight excluding hydrogens is 344 g/mol. The maximum absolute atomic E-state index is 12.2. The van der Waals surface area contributed by atoms with Gasteiger partial charge in [0.1, 0.15) is 5.69 Å². The summed E-state index contributed by atoms with van der Waals surface area (Å²) in [5.74, 6) is 0.0575. The number of hydrogen-bond donors (Lipinski definition) is 1. The van der Waals surface area contributed by atoms with Crippen LogP contribution >= 0.6 is 15.9 Å². The lowest BCUT2D eigenvalue weighted by molar-refractivity contribution is 0.0944. The standard InChI is InChI=1S/C13H17BrN2O3S/c14-9-6-12(16(8-9)10-3-4-10)13(17)15-7-11-2-1-5-20(11,18)19/h6,8,10-11H,1-5,7H2,(H,15,17). The van der Waals surface area contributed by atoms with Crippen LogP contribution in [0.15, 0.2) is 16.7 Å². The number of halogens is 1. The molecule has 1 aromatic rings. The second-order valence-corrected chi connectivity index (χ2v) is 8.84. The SMILES string of the molecule is O=C(NCC1CCCS1(=O)=O)c1cc(Br)cn1C1CC1. The molecule has 2 fully saturated rings. The van der Waals surface area contributed by atoms with Crippen molar-refractivity contribution in [3.63, 3.8) is 0 Å². The van der Waals surface area contributed by atoms with Gasteiger partial charge >= 0.3 is 0 Å². The normalized spacial score (nSPS) is 24.8. The minimum absolute atomic E-state index is 0.190. The highest BCUT2D eigenvalue weighted by atomic mass is 79.9. The minimum Gasteiger partial charge on any atom is -0.349 e. The van der Waals surface area contributed by atoms with Crippen molar-refractivity contribution in [3.05, 3.63) is 22.4 Å². The molecular formula is C13H17BrN2O3S. The van der Waals surface area contributed by atoms with Crippen molar-refractivity contribution in [1.82, 2.24) is 9.88 Å². The fraction of sp³-hybridized carbons (Fsp3) is 0.615. The predicted octanol–water partition coefficient (Wildman–Crippen LogP) is 1.89. The summed E-state index contributed by atoms with van der Waals surface area (Å²) in [5, 5.41) is 2.36. The van der Waals surface area contributed by atoms with Gasteiger partial charge in [-0.1, -0.05) is 0 Å². The summed E-state index contributed by atoms with van der Waals surface area (Å²) in [6.07, 6.45) is 5.46. The highest BCUT2D eigenvalue weighted by Gasteiger charge is 2.32. The molecule has 0 bridgehead atoms. The molecule has 7 heteroatoms. The maximum Gasteiger partial charge on any atom is 0.267 e. The molecule has 1 aliphatic heterocycles. The minimum atomic E-state index is -3.00. The van der Waals surface area contributed by atoms with Crippen LogP contribution in [0.3, 0.4) is 0 Å². The maximum atomic E-state index is 12.2. The molecule has 110 valence electrons. The fourth-order valence-corrected chi connectivity index (χ4v) is 4.87. The zero-order valence-corrected chi connectivity index (χ0v) is 13.4. The Morgan fingerprint density at radius 1 is 1.40 bits per heavy atom. The molecule has 2 aliphatic rings. The van der Waals surface area contributed by atoms with E-state index in [0.29, 0.717) is 24.6 Å². The lowest BCUT2D eigenvalue weighted by Crippen LogP contribution is -2.35. The molecule has 1 unspecified atom stereocenters. The van der Waals surface area contributed by atoms with Gasteiger partial charge in [0.25, 0.3) is 5.91 Å². The summed E-state index contributed by atoms with van der Waals surface area (Å²) in [7, 11) is -3.00. The summed E-state index contributed by atoms with van der Waals surface area (Å²) in [6, 6.07) is 2.20. The number of sulfone groups is 1. The summed E-state index contributed by atoms with van der Waals surface area (Å²) in [5.41, 5.74) is 0.606. The van der Waals surface area contributed by atoms with Gasteiger partial charge in [0.15, 0.2) is 9.84 Å². The van der Waals surface area contributed by atoms with Crippen LogP contribution < -0.4 is 5.32 Å². The summed E-state index contributed by atoms with van der Waals surface area (Å²) in [6.45, 7) is 0.217. The molecule has 1 N–H and O–H groups in total. The van der Waals surface area contributed by atoms with Gasteiger partial charge in [-0.25, -0.2) is 8.42 Å². The summed E-state index contributed by atoms with van der Waals surface area (Å²) < 4.78 is 26.3. The smallest absolute Gasteiger partial charge is 0.267 e. The molecule has 1 saturated carbocycles. The molecule has 1 atom stereocenters. The number of nitrogens with zero attached hydrogens (tertiary/aromatic N) is 1. The Labute approximate surface area is 126 Å². The van der Waals surface area contributed by atoms with Crippen molar-refractivity contribution in [1.29, 1.82) is 0 Å². The quantitative estimate of drug-likeness (QED) is 0.891. The number of carbonyl (C=O) groups excluding carboxylic acids is 1. The third-order valence-corrected chi connectivity index (χ3v) is 6.65.